The van der Waals surface area contributed by atoms with Gasteiger partial charge in [-0.1, -0.05) is 6.07 Å². The highest BCUT2D eigenvalue weighted by Crippen LogP contribution is 2.32. The lowest BCUT2D eigenvalue weighted by molar-refractivity contribution is -0.115. The Kier molecular flexibility index (Phi) is 4.49. The molecule has 0 spiro atoms. The first kappa shape index (κ1) is 14.6. The summed E-state index contributed by atoms with van der Waals surface area (Å²) in [6.07, 6.45) is 0. The predicted octanol–water partition coefficient (Wildman–Crippen LogP) is 3.57. The molecule has 20 heavy (non-hydrogen) atoms. The highest BCUT2D eigenvalue weighted by Gasteiger charge is 2.15. The fourth-order valence-corrected chi connectivity index (χ4v) is 2.52. The summed E-state index contributed by atoms with van der Waals surface area (Å²) < 4.78 is 6.20. The number of amides is 1. The summed E-state index contributed by atoms with van der Waals surface area (Å²) in [5.74, 6) is 0.525. The van der Waals surface area contributed by atoms with Crippen LogP contribution in [0.5, 0.6) is 5.75 Å². The second-order valence-electron chi connectivity index (χ2n) is 4.26. The third-order valence-electron chi connectivity index (χ3n) is 2.85. The van der Waals surface area contributed by atoms with E-state index >= 15 is 0 Å². The normalized spacial score (nSPS) is 10.2. The van der Waals surface area contributed by atoms with Gasteiger partial charge >= 0.3 is 0 Å². The molecule has 4 nitrogen and oxygen atoms in total. The minimum absolute atomic E-state index is 0.0726. The number of rotatable bonds is 3. The number of carbonyl (C=O) groups excluding carboxylic acids is 1. The average Bonchev–Trinajstić information content (AvgIpc) is 2.39. The van der Waals surface area contributed by atoms with E-state index in [0.29, 0.717) is 11.4 Å². The van der Waals surface area contributed by atoms with Gasteiger partial charge in [0, 0.05) is 16.2 Å². The van der Waals surface area contributed by atoms with Crippen LogP contribution in [0.4, 0.5) is 17.1 Å². The molecule has 0 aliphatic carbocycles. The van der Waals surface area contributed by atoms with Crippen LogP contribution in [-0.4, -0.2) is 13.0 Å². The molecular weight excluding hydrogens is 367 g/mol. The van der Waals surface area contributed by atoms with Crippen LogP contribution in [0.1, 0.15) is 6.92 Å². The first-order valence-corrected chi connectivity index (χ1v) is 7.10. The molecule has 2 rings (SSSR count). The standard InChI is InChI=1S/C15H15IN2O2/c1-10(19)18(12-5-3-4-11(16)8-12)13-6-7-15(20-2)14(17)9-13/h3-9H,17H2,1-2H3. The monoisotopic (exact) mass is 382 g/mol. The number of nitrogens with zero attached hydrogens (tertiary/aromatic N) is 1. The summed E-state index contributed by atoms with van der Waals surface area (Å²) in [4.78, 5) is 13.6. The number of carbonyl (C=O) groups is 1. The zero-order valence-corrected chi connectivity index (χ0v) is 13.4. The van der Waals surface area contributed by atoms with E-state index in [0.717, 1.165) is 14.9 Å². The molecule has 0 heterocycles. The molecule has 0 bridgehead atoms. The number of hydrogen-bond acceptors (Lipinski definition) is 3. The summed E-state index contributed by atoms with van der Waals surface area (Å²) in [5, 5.41) is 0. The molecule has 0 aromatic heterocycles. The van der Waals surface area contributed by atoms with E-state index in [1.807, 2.05) is 30.3 Å². The number of nitrogens with two attached hydrogens (primary N) is 1. The Morgan fingerprint density at radius 2 is 1.90 bits per heavy atom. The van der Waals surface area contributed by atoms with Crippen LogP contribution in [-0.2, 0) is 4.79 Å². The van der Waals surface area contributed by atoms with Crippen molar-refractivity contribution < 1.29 is 9.53 Å². The zero-order chi connectivity index (χ0) is 14.7. The smallest absolute Gasteiger partial charge is 0.228 e. The maximum atomic E-state index is 12.0. The Morgan fingerprint density at radius 3 is 2.45 bits per heavy atom. The fourth-order valence-electron chi connectivity index (χ4n) is 1.99. The minimum Gasteiger partial charge on any atom is -0.495 e. The van der Waals surface area contributed by atoms with Gasteiger partial charge in [-0.2, -0.15) is 0 Å². The average molecular weight is 382 g/mol. The number of halogens is 1. The Morgan fingerprint density at radius 1 is 1.20 bits per heavy atom. The molecule has 5 heteroatoms. The highest BCUT2D eigenvalue weighted by molar-refractivity contribution is 14.1. The first-order chi connectivity index (χ1) is 9.52. The topological polar surface area (TPSA) is 55.6 Å². The van der Waals surface area contributed by atoms with Gasteiger partial charge in [-0.3, -0.25) is 9.69 Å². The number of methoxy groups -OCH3 is 1. The van der Waals surface area contributed by atoms with Crippen molar-refractivity contribution in [3.63, 3.8) is 0 Å². The lowest BCUT2D eigenvalue weighted by Crippen LogP contribution is -2.22. The second-order valence-corrected chi connectivity index (χ2v) is 5.51. The molecule has 0 atom stereocenters. The highest BCUT2D eigenvalue weighted by atomic mass is 127. The lowest BCUT2D eigenvalue weighted by Gasteiger charge is -2.22. The third-order valence-corrected chi connectivity index (χ3v) is 3.52. The quantitative estimate of drug-likeness (QED) is 0.653. The number of hydrogen-bond donors (Lipinski definition) is 1. The predicted molar refractivity (Wildman–Crippen MR) is 89.4 cm³/mol. The minimum atomic E-state index is -0.0726. The molecule has 0 radical (unpaired) electrons. The molecule has 0 unspecified atom stereocenters. The SMILES string of the molecule is COc1ccc(N(C(C)=O)c2cccc(I)c2)cc1N. The van der Waals surface area contributed by atoms with Gasteiger partial charge in [-0.25, -0.2) is 0 Å². The Labute approximate surface area is 131 Å². The van der Waals surface area contributed by atoms with Gasteiger partial charge in [0.2, 0.25) is 5.91 Å². The summed E-state index contributed by atoms with van der Waals surface area (Å²) in [5.41, 5.74) is 7.95. The van der Waals surface area contributed by atoms with Crippen LogP contribution in [0.3, 0.4) is 0 Å². The van der Waals surface area contributed by atoms with E-state index in [9.17, 15) is 4.79 Å². The summed E-state index contributed by atoms with van der Waals surface area (Å²) >= 11 is 2.22. The first-order valence-electron chi connectivity index (χ1n) is 6.02. The molecule has 1 amide bonds. The zero-order valence-electron chi connectivity index (χ0n) is 11.3. The van der Waals surface area contributed by atoms with Crippen molar-refractivity contribution in [2.45, 2.75) is 6.92 Å². The van der Waals surface area contributed by atoms with Crippen LogP contribution in [0.2, 0.25) is 0 Å². The largest absolute Gasteiger partial charge is 0.495 e. The van der Waals surface area contributed by atoms with Gasteiger partial charge in [-0.05, 0) is 59.0 Å². The van der Waals surface area contributed by atoms with Crippen molar-refractivity contribution in [3.05, 3.63) is 46.0 Å². The van der Waals surface area contributed by atoms with Gasteiger partial charge in [0.1, 0.15) is 5.75 Å². The summed E-state index contributed by atoms with van der Waals surface area (Å²) in [6.45, 7) is 1.53. The van der Waals surface area contributed by atoms with Gasteiger partial charge in [0.25, 0.3) is 0 Å². The number of nitrogen functional groups attached to an aromatic ring is 1. The maximum Gasteiger partial charge on any atom is 0.228 e. The molecule has 0 saturated heterocycles. The van der Waals surface area contributed by atoms with Crippen LogP contribution < -0.4 is 15.4 Å². The Hall–Kier alpha value is -1.76. The van der Waals surface area contributed by atoms with Crippen LogP contribution in [0, 0.1) is 3.57 Å². The van der Waals surface area contributed by atoms with E-state index < -0.39 is 0 Å². The lowest BCUT2D eigenvalue weighted by atomic mass is 10.2. The Balaban J connectivity index is 2.49. The molecule has 0 aliphatic heterocycles. The van der Waals surface area contributed by atoms with Gasteiger partial charge in [-0.15, -0.1) is 0 Å². The number of ether oxygens (including phenoxy) is 1. The molecular formula is C15H15IN2O2. The van der Waals surface area contributed by atoms with E-state index in [1.165, 1.54) is 6.92 Å². The van der Waals surface area contributed by atoms with Crippen molar-refractivity contribution in [1.82, 2.24) is 0 Å². The third kappa shape index (κ3) is 3.04. The van der Waals surface area contributed by atoms with E-state index in [4.69, 9.17) is 10.5 Å². The van der Waals surface area contributed by atoms with Crippen LogP contribution in [0.15, 0.2) is 42.5 Å². The number of benzene rings is 2. The Bertz CT molecular complexity index is 644. The second kappa shape index (κ2) is 6.13. The van der Waals surface area contributed by atoms with Crippen molar-refractivity contribution in [1.29, 1.82) is 0 Å². The molecule has 2 aromatic carbocycles. The molecule has 0 saturated carbocycles. The van der Waals surface area contributed by atoms with Crippen molar-refractivity contribution in [2.24, 2.45) is 0 Å². The van der Waals surface area contributed by atoms with Gasteiger partial charge in [0.05, 0.1) is 18.5 Å². The number of anilines is 3. The van der Waals surface area contributed by atoms with E-state index in [2.05, 4.69) is 22.6 Å². The summed E-state index contributed by atoms with van der Waals surface area (Å²) in [7, 11) is 1.56. The molecule has 0 aliphatic rings. The van der Waals surface area contributed by atoms with Crippen molar-refractivity contribution in [2.75, 3.05) is 17.7 Å². The molecule has 2 N–H and O–H groups in total. The fraction of sp³-hybridized carbons (Fsp3) is 0.133. The molecule has 0 fully saturated rings. The summed E-state index contributed by atoms with van der Waals surface area (Å²) in [6, 6.07) is 13.0. The van der Waals surface area contributed by atoms with Crippen molar-refractivity contribution >= 4 is 45.6 Å². The van der Waals surface area contributed by atoms with E-state index in [1.54, 1.807) is 24.1 Å². The van der Waals surface area contributed by atoms with Gasteiger partial charge < -0.3 is 10.5 Å². The van der Waals surface area contributed by atoms with Crippen molar-refractivity contribution in [3.8, 4) is 5.75 Å². The van der Waals surface area contributed by atoms with Crippen LogP contribution >= 0.6 is 22.6 Å². The van der Waals surface area contributed by atoms with Crippen LogP contribution in [0.25, 0.3) is 0 Å². The van der Waals surface area contributed by atoms with E-state index in [-0.39, 0.29) is 5.91 Å². The molecule has 104 valence electrons. The van der Waals surface area contributed by atoms with Gasteiger partial charge in [0.15, 0.2) is 0 Å². The maximum absolute atomic E-state index is 12.0. The molecule has 2 aromatic rings.